The van der Waals surface area contributed by atoms with Crippen LogP contribution in [0.1, 0.15) is 48.8 Å². The van der Waals surface area contributed by atoms with Crippen molar-refractivity contribution in [1.82, 2.24) is 15.3 Å². The van der Waals surface area contributed by atoms with Crippen molar-refractivity contribution in [1.29, 1.82) is 0 Å². The Bertz CT molecular complexity index is 759. The molecule has 138 valence electrons. The summed E-state index contributed by atoms with van der Waals surface area (Å²) in [5.74, 6) is 1.49. The van der Waals surface area contributed by atoms with Crippen molar-refractivity contribution >= 4 is 23.2 Å². The summed E-state index contributed by atoms with van der Waals surface area (Å²) < 4.78 is 5.59. The Morgan fingerprint density at radius 2 is 1.96 bits per heavy atom. The minimum atomic E-state index is -0.268. The highest BCUT2D eigenvalue weighted by Crippen LogP contribution is 2.28. The largest absolute Gasteiger partial charge is 0.489 e. The van der Waals surface area contributed by atoms with E-state index in [2.05, 4.69) is 20.6 Å². The number of anilines is 1. The Hall–Kier alpha value is -2.18. The molecule has 1 aromatic carbocycles. The molecule has 0 saturated carbocycles. The number of halogens is 1. The van der Waals surface area contributed by atoms with Gasteiger partial charge in [-0.2, -0.15) is 0 Å². The Balaban J connectivity index is 1.65. The van der Waals surface area contributed by atoms with Crippen LogP contribution in [-0.2, 0) is 0 Å². The van der Waals surface area contributed by atoms with Gasteiger partial charge in [0.05, 0.1) is 16.7 Å². The molecule has 3 rings (SSSR count). The number of rotatable bonds is 5. The molecule has 1 saturated heterocycles. The number of hydrogen-bond acceptors (Lipinski definition) is 5. The monoisotopic (exact) mass is 374 g/mol. The van der Waals surface area contributed by atoms with Crippen molar-refractivity contribution < 1.29 is 9.53 Å². The topological polar surface area (TPSA) is 76.1 Å². The van der Waals surface area contributed by atoms with Crippen molar-refractivity contribution in [2.45, 2.75) is 38.7 Å². The number of nitrogens with one attached hydrogen (secondary N) is 2. The lowest BCUT2D eigenvalue weighted by atomic mass is 9.97. The number of carbonyl (C=O) groups excluding carboxylic acids is 1. The van der Waals surface area contributed by atoms with E-state index in [9.17, 15) is 4.79 Å². The molecule has 1 fully saturated rings. The molecule has 26 heavy (non-hydrogen) atoms. The summed E-state index contributed by atoms with van der Waals surface area (Å²) in [4.78, 5) is 21.2. The fourth-order valence-electron chi connectivity index (χ4n) is 2.88. The maximum absolute atomic E-state index is 12.4. The number of piperidine rings is 1. The van der Waals surface area contributed by atoms with E-state index in [4.69, 9.17) is 16.3 Å². The van der Waals surface area contributed by atoms with E-state index in [0.717, 1.165) is 31.8 Å². The van der Waals surface area contributed by atoms with Crippen molar-refractivity contribution in [2.75, 3.05) is 18.4 Å². The molecule has 0 aliphatic carbocycles. The minimum absolute atomic E-state index is 0.0311. The van der Waals surface area contributed by atoms with Crippen LogP contribution in [0.4, 0.5) is 5.69 Å². The molecule has 2 aromatic rings. The fraction of sp³-hybridized carbons (Fsp3) is 0.421. The molecule has 0 spiro atoms. The molecule has 0 bridgehead atoms. The maximum atomic E-state index is 12.4. The highest BCUT2D eigenvalue weighted by Gasteiger charge is 2.18. The zero-order chi connectivity index (χ0) is 18.5. The second kappa shape index (κ2) is 8.47. The summed E-state index contributed by atoms with van der Waals surface area (Å²) in [5.41, 5.74) is 1.01. The summed E-state index contributed by atoms with van der Waals surface area (Å²) in [5, 5.41) is 6.58. The number of aromatic nitrogens is 2. The molecule has 1 aliphatic rings. The van der Waals surface area contributed by atoms with Gasteiger partial charge in [0.1, 0.15) is 11.6 Å². The Labute approximate surface area is 158 Å². The molecule has 1 aromatic heterocycles. The molecule has 1 aliphatic heterocycles. The molecule has 2 N–H and O–H groups in total. The zero-order valence-electron chi connectivity index (χ0n) is 15.0. The smallest absolute Gasteiger partial charge is 0.258 e. The molecular weight excluding hydrogens is 352 g/mol. The van der Waals surface area contributed by atoms with Gasteiger partial charge in [0.2, 0.25) is 0 Å². The average Bonchev–Trinajstić information content (AvgIpc) is 2.64. The number of nitrogens with zero attached hydrogens (tertiary/aromatic N) is 2. The van der Waals surface area contributed by atoms with Gasteiger partial charge in [-0.1, -0.05) is 11.6 Å². The van der Waals surface area contributed by atoms with Crippen LogP contribution >= 0.6 is 11.6 Å². The second-order valence-electron chi connectivity index (χ2n) is 6.62. The van der Waals surface area contributed by atoms with Gasteiger partial charge in [-0.25, -0.2) is 9.97 Å². The minimum Gasteiger partial charge on any atom is -0.489 e. The van der Waals surface area contributed by atoms with E-state index in [0.29, 0.717) is 27.9 Å². The molecule has 7 heteroatoms. The van der Waals surface area contributed by atoms with Crippen molar-refractivity contribution in [3.8, 4) is 5.75 Å². The third kappa shape index (κ3) is 4.71. The van der Waals surface area contributed by atoms with Gasteiger partial charge in [-0.05, 0) is 58.0 Å². The summed E-state index contributed by atoms with van der Waals surface area (Å²) in [6, 6.07) is 5.17. The van der Waals surface area contributed by atoms with Gasteiger partial charge >= 0.3 is 0 Å². The van der Waals surface area contributed by atoms with Gasteiger partial charge in [0, 0.05) is 24.0 Å². The maximum Gasteiger partial charge on any atom is 0.258 e. The number of hydrogen-bond donors (Lipinski definition) is 2. The number of carbonyl (C=O) groups is 1. The number of ether oxygens (including phenoxy) is 1. The number of benzene rings is 1. The quantitative estimate of drug-likeness (QED) is 0.835. The summed E-state index contributed by atoms with van der Waals surface area (Å²) in [7, 11) is 0. The van der Waals surface area contributed by atoms with Gasteiger partial charge in [0.25, 0.3) is 5.91 Å². The molecule has 6 nitrogen and oxygen atoms in total. The van der Waals surface area contributed by atoms with Gasteiger partial charge in [0.15, 0.2) is 0 Å². The first-order chi connectivity index (χ1) is 12.5. The summed E-state index contributed by atoms with van der Waals surface area (Å²) in [6.07, 6.45) is 5.24. The van der Waals surface area contributed by atoms with Gasteiger partial charge < -0.3 is 15.4 Å². The molecule has 1 amide bonds. The van der Waals surface area contributed by atoms with Crippen molar-refractivity contribution in [3.05, 3.63) is 47.0 Å². The normalized spacial score (nSPS) is 15.1. The van der Waals surface area contributed by atoms with Gasteiger partial charge in [-0.15, -0.1) is 0 Å². The first-order valence-corrected chi connectivity index (χ1v) is 9.21. The van der Waals surface area contributed by atoms with E-state index in [1.807, 2.05) is 13.8 Å². The summed E-state index contributed by atoms with van der Waals surface area (Å²) in [6.45, 7) is 5.82. The lowest BCUT2D eigenvalue weighted by molar-refractivity contribution is 0.102. The first kappa shape index (κ1) is 18.6. The number of amides is 1. The van der Waals surface area contributed by atoms with Crippen LogP contribution < -0.4 is 15.4 Å². The van der Waals surface area contributed by atoms with Crippen LogP contribution in [0.25, 0.3) is 0 Å². The van der Waals surface area contributed by atoms with Crippen LogP contribution in [0.2, 0.25) is 5.02 Å². The Kier molecular flexibility index (Phi) is 6.06. The SMILES string of the molecule is CC(C)Oc1ccc(NC(=O)c2cnc(C3CCNCC3)nc2)cc1Cl. The predicted octanol–water partition coefficient (Wildman–Crippen LogP) is 3.64. The average molecular weight is 375 g/mol. The molecule has 0 atom stereocenters. The van der Waals surface area contributed by atoms with E-state index in [-0.39, 0.29) is 12.0 Å². The van der Waals surface area contributed by atoms with E-state index in [1.54, 1.807) is 30.6 Å². The van der Waals surface area contributed by atoms with Crippen LogP contribution in [0.5, 0.6) is 5.75 Å². The third-order valence-electron chi connectivity index (χ3n) is 4.19. The lowest BCUT2D eigenvalue weighted by Gasteiger charge is -2.21. The van der Waals surface area contributed by atoms with Crippen LogP contribution in [0, 0.1) is 0 Å². The molecule has 2 heterocycles. The van der Waals surface area contributed by atoms with E-state index in [1.165, 1.54) is 0 Å². The van der Waals surface area contributed by atoms with E-state index >= 15 is 0 Å². The van der Waals surface area contributed by atoms with Crippen LogP contribution in [0.15, 0.2) is 30.6 Å². The molecular formula is C19H23ClN4O2. The molecule has 0 radical (unpaired) electrons. The van der Waals surface area contributed by atoms with Crippen LogP contribution in [0.3, 0.4) is 0 Å². The predicted molar refractivity (Wildman–Crippen MR) is 102 cm³/mol. The lowest BCUT2D eigenvalue weighted by Crippen LogP contribution is -2.27. The molecule has 0 unspecified atom stereocenters. The fourth-order valence-corrected chi connectivity index (χ4v) is 3.10. The summed E-state index contributed by atoms with van der Waals surface area (Å²) >= 11 is 6.20. The standard InChI is InChI=1S/C19H23ClN4O2/c1-12(2)26-17-4-3-15(9-16(17)20)24-19(25)14-10-22-18(23-11-14)13-5-7-21-8-6-13/h3-4,9-13,21H,5-8H2,1-2H3,(H,24,25). The zero-order valence-corrected chi connectivity index (χ0v) is 15.7. The highest BCUT2D eigenvalue weighted by atomic mass is 35.5. The van der Waals surface area contributed by atoms with Crippen molar-refractivity contribution in [3.63, 3.8) is 0 Å². The Morgan fingerprint density at radius 3 is 2.58 bits per heavy atom. The van der Waals surface area contributed by atoms with Crippen molar-refractivity contribution in [2.24, 2.45) is 0 Å². The first-order valence-electron chi connectivity index (χ1n) is 8.83. The third-order valence-corrected chi connectivity index (χ3v) is 4.49. The van der Waals surface area contributed by atoms with E-state index < -0.39 is 0 Å². The second-order valence-corrected chi connectivity index (χ2v) is 7.03. The Morgan fingerprint density at radius 1 is 1.27 bits per heavy atom. The van der Waals surface area contributed by atoms with Crippen LogP contribution in [-0.4, -0.2) is 35.1 Å². The highest BCUT2D eigenvalue weighted by molar-refractivity contribution is 6.32. The van der Waals surface area contributed by atoms with Gasteiger partial charge in [-0.3, -0.25) is 4.79 Å².